The molecule has 1 aliphatic carbocycles. The third kappa shape index (κ3) is 29.9. The Hall–Kier alpha value is -9.34. The second kappa shape index (κ2) is 49.1. The number of thiophene rings is 2. The Bertz CT molecular complexity index is 4640. The molecule has 1 amide bonds. The number of allylic oxidation sites excluding steroid dienone is 8. The molecule has 0 radical (unpaired) electrons. The van der Waals surface area contributed by atoms with Gasteiger partial charge in [-0.2, -0.15) is 0 Å². The molecule has 8 N–H and O–H groups in total. The average molecular weight is 1710 g/mol. The standard InChI is InChI=1S/C18H21N3O.C14H16N2O2S.C13H19N.C12H13NOS.C11H15FN2OS.C10H11Cl2N3.C10H10ClFN2O.CH4/c1-13-5-3-7-16(14(13)2)17(21-18-20-9-10-22-18)11-15-6-4-8-19-12-15;1-9(17)16-13-8-12-14(19-13)10(4-6-18-12)7-11-3-2-5-15-11;1-2-11-5-3-6-12(9-11)10-13-7-4-8-14-13;1-2-10(13-5-1)8-9-3-6-14-11-4-7-15-12(9)11;1-8-3-2-4-9(10(8)12)7-14-11(16)13-5-6-15;11-8-3-1-2-7(9(8)12)6-15-10-13-4-5-14-10;11-8-3-1-2-7(9(8)12)6-14-10-13-4-5-15-10;/h3-8,12,17H,9-11H2,1-2H3,(H,20,21);3,5,8,10H,2,4,6-7H2,1H3,(H,16,17);7-9,12H,2-6,10H2,1H3;2,4-5,7,9H,1,3,6,8H2;2-4,15H,5-7H2,1H3,(H2,13,14,16);1-3H,4-6H2,(H2,13,14,15);1-3H,4-6H2,(H,13,14);1H4. The van der Waals surface area contributed by atoms with Gasteiger partial charge in [-0.15, -0.1) is 22.7 Å². The van der Waals surface area contributed by atoms with Gasteiger partial charge in [-0.25, -0.2) is 18.8 Å². The smallest absolute Gasteiger partial charge is 0.285 e. The van der Waals surface area contributed by atoms with Gasteiger partial charge < -0.3 is 61.3 Å². The Labute approximate surface area is 716 Å². The van der Waals surface area contributed by atoms with Gasteiger partial charge in [0.05, 0.1) is 75.3 Å². The van der Waals surface area contributed by atoms with Crippen molar-refractivity contribution in [2.45, 2.75) is 163 Å². The number of nitrogens with one attached hydrogen (secondary N) is 7. The van der Waals surface area contributed by atoms with Crippen LogP contribution in [0.25, 0.3) is 0 Å². The lowest BCUT2D eigenvalue weighted by Gasteiger charge is -2.22. The average Bonchev–Trinajstić information content (AvgIpc) is 1.76. The lowest BCUT2D eigenvalue weighted by atomic mass is 9.87. The Morgan fingerprint density at radius 3 is 1.97 bits per heavy atom. The van der Waals surface area contributed by atoms with Crippen LogP contribution in [0.5, 0.6) is 11.5 Å². The van der Waals surface area contributed by atoms with E-state index in [4.69, 9.17) is 71.1 Å². The molecule has 4 aromatic carbocycles. The van der Waals surface area contributed by atoms with Gasteiger partial charge in [0.25, 0.3) is 12.0 Å². The molecule has 117 heavy (non-hydrogen) atoms. The van der Waals surface area contributed by atoms with Crippen LogP contribution in [0.4, 0.5) is 13.8 Å². The number of thiocarbonyl (C=S) groups is 1. The number of aliphatic imine (C=N–C) groups is 6. The summed E-state index contributed by atoms with van der Waals surface area (Å²) in [5.74, 6) is 4.04. The molecule has 624 valence electrons. The Morgan fingerprint density at radius 2 is 1.32 bits per heavy atom. The molecular formula is C89H109Cl3F2N14O6S3. The fraction of sp³-hybridized carbons (Fsp3) is 0.404. The number of rotatable bonds is 20. The van der Waals surface area contributed by atoms with Crippen molar-refractivity contribution in [2.24, 2.45) is 35.9 Å². The molecule has 0 fully saturated rings. The van der Waals surface area contributed by atoms with E-state index in [1.165, 1.54) is 94.2 Å². The second-order valence-electron chi connectivity index (χ2n) is 28.3. The van der Waals surface area contributed by atoms with Gasteiger partial charge in [-0.3, -0.25) is 29.7 Å². The first-order chi connectivity index (χ1) is 56.5. The first-order valence-electron chi connectivity index (χ1n) is 39.6. The number of aryl methyl sites for hydroxylation is 2. The zero-order valence-corrected chi connectivity index (χ0v) is 71.2. The number of hydrogen-bond donors (Lipinski definition) is 8. The number of aliphatic hydroxyl groups excluding tert-OH is 1. The van der Waals surface area contributed by atoms with Crippen molar-refractivity contribution in [1.29, 1.82) is 0 Å². The van der Waals surface area contributed by atoms with E-state index in [2.05, 4.69) is 153 Å². The Kier molecular flexibility index (Phi) is 38.5. The number of aliphatic hydroxyl groups is 1. The summed E-state index contributed by atoms with van der Waals surface area (Å²) < 4.78 is 48.9. The molecule has 9 aliphatic rings. The van der Waals surface area contributed by atoms with Crippen molar-refractivity contribution in [3.05, 3.63) is 243 Å². The molecular weight excluding hydrogens is 1600 g/mol. The lowest BCUT2D eigenvalue weighted by Crippen LogP contribution is -2.36. The minimum Gasteiger partial charge on any atom is -0.492 e. The van der Waals surface area contributed by atoms with Crippen molar-refractivity contribution >= 4 is 122 Å². The van der Waals surface area contributed by atoms with Crippen LogP contribution in [0, 0.1) is 38.3 Å². The lowest BCUT2D eigenvalue weighted by molar-refractivity contribution is -0.114. The largest absolute Gasteiger partial charge is 0.492 e. The number of halogens is 5. The molecule has 28 heteroatoms. The number of amidine groups is 2. The molecule has 0 saturated heterocycles. The van der Waals surface area contributed by atoms with Crippen LogP contribution in [0.1, 0.15) is 170 Å². The predicted octanol–water partition coefficient (Wildman–Crippen LogP) is 19.2. The van der Waals surface area contributed by atoms with Crippen LogP contribution in [-0.2, 0) is 40.3 Å². The van der Waals surface area contributed by atoms with Gasteiger partial charge in [0.2, 0.25) is 5.91 Å². The van der Waals surface area contributed by atoms with Crippen molar-refractivity contribution in [2.75, 3.05) is 71.1 Å². The van der Waals surface area contributed by atoms with Gasteiger partial charge in [-0.05, 0) is 166 Å². The number of nitrogens with zero attached hydrogens (tertiary/aromatic N) is 7. The number of aromatic nitrogens is 1. The van der Waals surface area contributed by atoms with Crippen LogP contribution in [0.2, 0.25) is 15.1 Å². The van der Waals surface area contributed by atoms with E-state index >= 15 is 0 Å². The maximum absolute atomic E-state index is 13.6. The molecule has 16 rings (SSSR count). The van der Waals surface area contributed by atoms with Gasteiger partial charge >= 0.3 is 0 Å². The van der Waals surface area contributed by atoms with Crippen molar-refractivity contribution in [1.82, 2.24) is 36.9 Å². The zero-order chi connectivity index (χ0) is 81.8. The number of pyridine rings is 1. The highest BCUT2D eigenvalue weighted by Crippen LogP contribution is 2.46. The fourth-order valence-electron chi connectivity index (χ4n) is 13.6. The number of anilines is 1. The summed E-state index contributed by atoms with van der Waals surface area (Å²) in [6.45, 7) is 17.5. The summed E-state index contributed by atoms with van der Waals surface area (Å²) in [5.41, 5.74) is 13.1. The van der Waals surface area contributed by atoms with Crippen LogP contribution in [0.3, 0.4) is 0 Å². The van der Waals surface area contributed by atoms with Crippen LogP contribution >= 0.6 is 69.7 Å². The number of ether oxygens (including phenoxy) is 4. The quantitative estimate of drug-likeness (QED) is 0.0261. The summed E-state index contributed by atoms with van der Waals surface area (Å²) in [6.07, 6.45) is 33.3. The maximum atomic E-state index is 13.6. The first-order valence-corrected chi connectivity index (χ1v) is 42.8. The normalized spacial score (nSPS) is 17.5. The third-order valence-corrected chi connectivity index (χ3v) is 23.5. The molecule has 0 bridgehead atoms. The van der Waals surface area contributed by atoms with Gasteiger partial charge in [0.15, 0.2) is 11.1 Å². The van der Waals surface area contributed by atoms with E-state index in [0.29, 0.717) is 102 Å². The first kappa shape index (κ1) is 91.6. The van der Waals surface area contributed by atoms with Gasteiger partial charge in [-0.1, -0.05) is 146 Å². The minimum absolute atomic E-state index is 0. The number of fused-ring (bicyclic) bond motifs is 2. The van der Waals surface area contributed by atoms with Crippen LogP contribution < -0.4 is 46.7 Å². The number of benzene rings is 4. The molecule has 20 nitrogen and oxygen atoms in total. The predicted molar refractivity (Wildman–Crippen MR) is 482 cm³/mol. The topological polar surface area (TPSA) is 245 Å². The highest BCUT2D eigenvalue weighted by molar-refractivity contribution is 7.80. The summed E-state index contributed by atoms with van der Waals surface area (Å²) in [4.78, 5) is 43.7. The number of amides is 1. The van der Waals surface area contributed by atoms with Gasteiger partial charge in [0.1, 0.15) is 36.3 Å². The summed E-state index contributed by atoms with van der Waals surface area (Å²) >= 11 is 26.0. The Morgan fingerprint density at radius 1 is 0.684 bits per heavy atom. The van der Waals surface area contributed by atoms with Crippen molar-refractivity contribution in [3.8, 4) is 11.5 Å². The molecule has 3 aromatic heterocycles. The maximum Gasteiger partial charge on any atom is 0.285 e. The molecule has 8 aliphatic heterocycles. The fourth-order valence-corrected chi connectivity index (χ4v) is 16.5. The highest BCUT2D eigenvalue weighted by atomic mass is 35.5. The molecule has 4 atom stereocenters. The summed E-state index contributed by atoms with van der Waals surface area (Å²) in [7, 11) is 0. The van der Waals surface area contributed by atoms with E-state index in [9.17, 15) is 13.6 Å². The van der Waals surface area contributed by atoms with E-state index in [1.54, 1.807) is 66.4 Å². The minimum atomic E-state index is -0.398. The molecule has 0 saturated carbocycles. The van der Waals surface area contributed by atoms with Crippen molar-refractivity contribution < 1.29 is 37.6 Å². The second-order valence-corrected chi connectivity index (χ2v) is 31.9. The number of hydrogen-bond acceptors (Lipinski definition) is 20. The van der Waals surface area contributed by atoms with E-state index in [0.717, 1.165) is 118 Å². The Balaban J connectivity index is 0.000000156. The van der Waals surface area contributed by atoms with E-state index in [1.807, 2.05) is 60.4 Å². The molecule has 11 heterocycles. The van der Waals surface area contributed by atoms with Gasteiger partial charge in [0, 0.05) is 136 Å². The SMILES string of the molecule is C.C1=NC(CC2CCOc3ccsc32)=CC1.CC(=O)Nc1cc2c(s1)C(CC1=CCC=N1)CCO2.CCC1=CC(CC2=CCC=N2)CCC1.Cc1cccc(C(Cc2cccnc2)NC2=NCCO2)c1C.Cc1cccc(CNC(=S)NCCO)c1F.Clc1cccc(CNC2=NCCN2)c1Cl.Fc1c(Cl)cccc1CNC1=NCCO1. The molecule has 7 aromatic rings. The zero-order valence-electron chi connectivity index (χ0n) is 66.4. The summed E-state index contributed by atoms with van der Waals surface area (Å²) in [6, 6.07) is 31.5. The van der Waals surface area contributed by atoms with Crippen LogP contribution in [0.15, 0.2) is 192 Å². The number of carbonyl (C=O) groups excluding carboxylic acids is 1. The monoisotopic (exact) mass is 1710 g/mol. The number of carbonyl (C=O) groups is 1. The van der Waals surface area contributed by atoms with Crippen molar-refractivity contribution in [3.63, 3.8) is 0 Å². The molecule has 4 unspecified atom stereocenters. The number of guanidine groups is 1. The highest BCUT2D eigenvalue weighted by Gasteiger charge is 2.28. The third-order valence-electron chi connectivity index (χ3n) is 19.8. The van der Waals surface area contributed by atoms with Crippen LogP contribution in [-0.4, -0.2) is 124 Å². The summed E-state index contributed by atoms with van der Waals surface area (Å²) in [5, 5.41) is 34.4. The molecule has 0 spiro atoms. The van der Waals surface area contributed by atoms with E-state index < -0.39 is 5.82 Å². The van der Waals surface area contributed by atoms with E-state index in [-0.39, 0.29) is 36.8 Å².